The Hall–Kier alpha value is -0.770. The van der Waals surface area contributed by atoms with Gasteiger partial charge in [-0.2, -0.15) is 0 Å². The fraction of sp³-hybridized carbons (Fsp3) is 0.588. The molecule has 0 radical (unpaired) electrons. The van der Waals surface area contributed by atoms with Crippen molar-refractivity contribution >= 4 is 35.6 Å². The normalized spacial score (nSPS) is 9.59. The van der Waals surface area contributed by atoms with Gasteiger partial charge in [0.15, 0.2) is 0 Å². The van der Waals surface area contributed by atoms with E-state index in [4.69, 9.17) is 11.6 Å². The first-order valence-electron chi connectivity index (χ1n) is 7.64. The minimum absolute atomic E-state index is 0. The second kappa shape index (κ2) is 13.9. The van der Waals surface area contributed by atoms with E-state index in [2.05, 4.69) is 24.1 Å². The van der Waals surface area contributed by atoms with Crippen LogP contribution in [-0.2, 0) is 4.79 Å². The van der Waals surface area contributed by atoms with Gasteiger partial charge < -0.3 is 5.32 Å². The van der Waals surface area contributed by atoms with Crippen LogP contribution in [0, 0.1) is 13.8 Å². The van der Waals surface area contributed by atoms with Gasteiger partial charge in [-0.05, 0) is 44.5 Å². The van der Waals surface area contributed by atoms with E-state index in [-0.39, 0.29) is 18.3 Å². The Labute approximate surface area is 146 Å². The molecule has 128 valence electrons. The monoisotopic (exact) mass is 348 g/mol. The molecule has 0 atom stereocenters. The largest absolute Gasteiger partial charge is 0.324 e. The van der Waals surface area contributed by atoms with E-state index in [1.165, 1.54) is 0 Å². The summed E-state index contributed by atoms with van der Waals surface area (Å²) in [5.74, 6) is 0.853. The lowest BCUT2D eigenvalue weighted by molar-refractivity contribution is -0.117. The third kappa shape index (κ3) is 9.29. The molecular formula is C17H30Cl2N2O. The number of anilines is 1. The lowest BCUT2D eigenvalue weighted by Crippen LogP contribution is -2.33. The summed E-state index contributed by atoms with van der Waals surface area (Å²) in [5.41, 5.74) is 3.17. The van der Waals surface area contributed by atoms with Crippen LogP contribution in [0.15, 0.2) is 18.2 Å². The number of carbonyl (C=O) groups excluding carboxylic acids is 1. The van der Waals surface area contributed by atoms with Crippen LogP contribution in [0.2, 0.25) is 0 Å². The van der Waals surface area contributed by atoms with Gasteiger partial charge in [-0.1, -0.05) is 39.0 Å². The zero-order valence-electron chi connectivity index (χ0n) is 14.4. The maximum atomic E-state index is 11.9. The summed E-state index contributed by atoms with van der Waals surface area (Å²) in [6.45, 7) is 12.5. The van der Waals surface area contributed by atoms with Crippen LogP contribution in [0.4, 0.5) is 5.69 Å². The van der Waals surface area contributed by atoms with E-state index in [1.54, 1.807) is 0 Å². The van der Waals surface area contributed by atoms with Crippen molar-refractivity contribution in [3.63, 3.8) is 0 Å². The van der Waals surface area contributed by atoms with E-state index in [0.29, 0.717) is 6.54 Å². The number of hydrogen-bond donors (Lipinski definition) is 1. The first kappa shape index (κ1) is 23.5. The number of rotatable bonds is 6. The maximum absolute atomic E-state index is 11.9. The Balaban J connectivity index is 0. The molecule has 1 amide bonds. The van der Waals surface area contributed by atoms with Crippen molar-refractivity contribution in [3.8, 4) is 0 Å². The number of alkyl halides is 1. The summed E-state index contributed by atoms with van der Waals surface area (Å²) in [7, 11) is 0. The standard InChI is InChI=1S/C14H22N2O.C3H7Cl.ClH/c1-5-16(6-2)10-13(17)15-14-11(3)8-7-9-12(14)4;1-2-3-4;/h7-9H,5-6,10H2,1-4H3,(H,15,17);2-3H2,1H3;1H. The zero-order chi connectivity index (χ0) is 16.3. The fourth-order valence-electron chi connectivity index (χ4n) is 1.84. The Kier molecular flexibility index (Phi) is 14.8. The van der Waals surface area contributed by atoms with Crippen molar-refractivity contribution < 1.29 is 4.79 Å². The number of para-hydroxylation sites is 1. The molecule has 3 nitrogen and oxygen atoms in total. The van der Waals surface area contributed by atoms with Crippen molar-refractivity contribution in [2.24, 2.45) is 0 Å². The molecule has 1 rings (SSSR count). The molecule has 0 bridgehead atoms. The van der Waals surface area contributed by atoms with Gasteiger partial charge in [-0.3, -0.25) is 9.69 Å². The molecule has 0 saturated carbocycles. The first-order chi connectivity index (χ1) is 9.99. The number of carbonyl (C=O) groups is 1. The van der Waals surface area contributed by atoms with Crippen molar-refractivity contribution in [2.45, 2.75) is 41.0 Å². The van der Waals surface area contributed by atoms with E-state index >= 15 is 0 Å². The average molecular weight is 349 g/mol. The molecule has 1 aromatic carbocycles. The number of halogens is 2. The van der Waals surface area contributed by atoms with E-state index in [9.17, 15) is 4.79 Å². The number of benzene rings is 1. The third-order valence-electron chi connectivity index (χ3n) is 3.20. The highest BCUT2D eigenvalue weighted by atomic mass is 35.5. The van der Waals surface area contributed by atoms with Gasteiger partial charge in [-0.15, -0.1) is 24.0 Å². The zero-order valence-corrected chi connectivity index (χ0v) is 16.0. The molecule has 0 aliphatic heterocycles. The van der Waals surface area contributed by atoms with Crippen LogP contribution in [0.5, 0.6) is 0 Å². The van der Waals surface area contributed by atoms with Gasteiger partial charge in [0.25, 0.3) is 0 Å². The van der Waals surface area contributed by atoms with E-state index in [0.717, 1.165) is 42.2 Å². The van der Waals surface area contributed by atoms with Crippen molar-refractivity contribution in [3.05, 3.63) is 29.3 Å². The van der Waals surface area contributed by atoms with Gasteiger partial charge in [0.05, 0.1) is 6.54 Å². The van der Waals surface area contributed by atoms with Gasteiger partial charge in [0.2, 0.25) is 5.91 Å². The highest BCUT2D eigenvalue weighted by molar-refractivity contribution is 6.17. The minimum atomic E-state index is 0. The second-order valence-electron chi connectivity index (χ2n) is 4.97. The number of hydrogen-bond acceptors (Lipinski definition) is 2. The van der Waals surface area contributed by atoms with E-state index in [1.807, 2.05) is 39.0 Å². The molecule has 1 N–H and O–H groups in total. The quantitative estimate of drug-likeness (QED) is 0.759. The maximum Gasteiger partial charge on any atom is 0.238 e. The predicted molar refractivity (Wildman–Crippen MR) is 101 cm³/mol. The number of nitrogens with one attached hydrogen (secondary N) is 1. The summed E-state index contributed by atoms with van der Waals surface area (Å²) in [6.07, 6.45) is 1.08. The molecule has 0 heterocycles. The molecule has 0 spiro atoms. The van der Waals surface area contributed by atoms with E-state index < -0.39 is 0 Å². The molecular weight excluding hydrogens is 319 g/mol. The first-order valence-corrected chi connectivity index (χ1v) is 8.17. The van der Waals surface area contributed by atoms with Crippen LogP contribution >= 0.6 is 24.0 Å². The average Bonchev–Trinajstić information content (AvgIpc) is 2.49. The second-order valence-corrected chi connectivity index (χ2v) is 5.34. The molecule has 0 aliphatic carbocycles. The predicted octanol–water partition coefficient (Wildman–Crippen LogP) is 4.64. The number of nitrogens with zero attached hydrogens (tertiary/aromatic N) is 1. The Bertz CT molecular complexity index is 399. The molecule has 22 heavy (non-hydrogen) atoms. The highest BCUT2D eigenvalue weighted by Crippen LogP contribution is 2.19. The summed E-state index contributed by atoms with van der Waals surface area (Å²) >= 11 is 5.19. The summed E-state index contributed by atoms with van der Waals surface area (Å²) in [4.78, 5) is 14.0. The van der Waals surface area contributed by atoms with Gasteiger partial charge in [0.1, 0.15) is 0 Å². The fourth-order valence-corrected chi connectivity index (χ4v) is 1.84. The summed E-state index contributed by atoms with van der Waals surface area (Å²) < 4.78 is 0. The molecule has 0 aliphatic rings. The van der Waals surface area contributed by atoms with Gasteiger partial charge >= 0.3 is 0 Å². The number of amides is 1. The molecule has 0 unspecified atom stereocenters. The number of likely N-dealkylation sites (N-methyl/N-ethyl adjacent to an activating group) is 1. The molecule has 5 heteroatoms. The Morgan fingerprint density at radius 1 is 1.14 bits per heavy atom. The summed E-state index contributed by atoms with van der Waals surface area (Å²) in [6, 6.07) is 6.03. The minimum Gasteiger partial charge on any atom is -0.324 e. The van der Waals surface area contributed by atoms with Crippen LogP contribution in [0.3, 0.4) is 0 Å². The molecule has 0 saturated heterocycles. The van der Waals surface area contributed by atoms with Crippen LogP contribution in [0.25, 0.3) is 0 Å². The molecule has 0 fully saturated rings. The van der Waals surface area contributed by atoms with Crippen molar-refractivity contribution in [2.75, 3.05) is 30.8 Å². The van der Waals surface area contributed by atoms with Crippen LogP contribution < -0.4 is 5.32 Å². The molecule has 0 aromatic heterocycles. The van der Waals surface area contributed by atoms with Crippen LogP contribution in [0.1, 0.15) is 38.3 Å². The lowest BCUT2D eigenvalue weighted by atomic mass is 10.1. The molecule has 1 aromatic rings. The SMILES string of the molecule is CCCCl.CCN(CC)CC(=O)Nc1c(C)cccc1C.Cl. The third-order valence-corrected chi connectivity index (χ3v) is 3.57. The van der Waals surface area contributed by atoms with Gasteiger partial charge in [0, 0.05) is 11.6 Å². The summed E-state index contributed by atoms with van der Waals surface area (Å²) in [5, 5.41) is 3.00. The topological polar surface area (TPSA) is 32.3 Å². The number of aryl methyl sites for hydroxylation is 2. The van der Waals surface area contributed by atoms with Gasteiger partial charge in [-0.25, -0.2) is 0 Å². The van der Waals surface area contributed by atoms with Crippen LogP contribution in [-0.4, -0.2) is 36.3 Å². The smallest absolute Gasteiger partial charge is 0.238 e. The lowest BCUT2D eigenvalue weighted by Gasteiger charge is -2.18. The Morgan fingerprint density at radius 2 is 1.59 bits per heavy atom. The van der Waals surface area contributed by atoms with Crippen molar-refractivity contribution in [1.29, 1.82) is 0 Å². The highest BCUT2D eigenvalue weighted by Gasteiger charge is 2.09. The Morgan fingerprint density at radius 3 is 1.95 bits per heavy atom. The van der Waals surface area contributed by atoms with Crippen molar-refractivity contribution in [1.82, 2.24) is 4.90 Å².